The molecule has 1 saturated heterocycles. The van der Waals surface area contributed by atoms with Gasteiger partial charge in [-0.2, -0.15) is 0 Å². The maximum Gasteiger partial charge on any atom is 0.300 e. The van der Waals surface area contributed by atoms with E-state index in [0.29, 0.717) is 22.5 Å². The van der Waals surface area contributed by atoms with Gasteiger partial charge in [-0.15, -0.1) is 0 Å². The third-order valence-corrected chi connectivity index (χ3v) is 5.48. The maximum absolute atomic E-state index is 13.2. The van der Waals surface area contributed by atoms with E-state index in [4.69, 9.17) is 4.74 Å². The predicted octanol–water partition coefficient (Wildman–Crippen LogP) is 3.99. The molecule has 3 N–H and O–H groups in total. The van der Waals surface area contributed by atoms with Gasteiger partial charge in [-0.25, -0.2) is 0 Å². The maximum atomic E-state index is 13.2. The molecule has 0 radical (unpaired) electrons. The Balaban J connectivity index is 1.90. The number of nitrogens with zero attached hydrogens (tertiary/aromatic N) is 1. The van der Waals surface area contributed by atoms with Gasteiger partial charge >= 0.3 is 0 Å². The van der Waals surface area contributed by atoms with Crippen molar-refractivity contribution in [1.82, 2.24) is 0 Å². The number of hydrogen-bond donors (Lipinski definition) is 3. The number of phenols is 1. The van der Waals surface area contributed by atoms with Crippen LogP contribution in [0.25, 0.3) is 5.76 Å². The molecule has 1 atom stereocenters. The third kappa shape index (κ3) is 4.09. The molecule has 3 aromatic carbocycles. The average molecular weight is 458 g/mol. The molecule has 1 aliphatic heterocycles. The van der Waals surface area contributed by atoms with Crippen molar-refractivity contribution in [2.24, 2.45) is 0 Å². The quantitative estimate of drug-likeness (QED) is 0.303. The Morgan fingerprint density at radius 3 is 2.29 bits per heavy atom. The minimum atomic E-state index is -0.985. The minimum Gasteiger partial charge on any atom is -0.507 e. The van der Waals surface area contributed by atoms with E-state index in [1.165, 1.54) is 31.1 Å². The van der Waals surface area contributed by atoms with E-state index < -0.39 is 17.7 Å². The first-order valence-corrected chi connectivity index (χ1v) is 10.4. The highest BCUT2D eigenvalue weighted by atomic mass is 16.5. The van der Waals surface area contributed by atoms with Crippen LogP contribution in [0.4, 0.5) is 11.4 Å². The van der Waals surface area contributed by atoms with Crippen LogP contribution < -0.4 is 15.0 Å². The van der Waals surface area contributed by atoms with Crippen molar-refractivity contribution in [3.63, 3.8) is 0 Å². The monoisotopic (exact) mass is 458 g/mol. The molecule has 1 heterocycles. The van der Waals surface area contributed by atoms with Crippen molar-refractivity contribution in [3.8, 4) is 11.5 Å². The molecule has 0 spiro atoms. The highest BCUT2D eigenvalue weighted by Gasteiger charge is 2.47. The molecule has 0 bridgehead atoms. The Morgan fingerprint density at radius 2 is 1.68 bits per heavy atom. The largest absolute Gasteiger partial charge is 0.507 e. The first-order chi connectivity index (χ1) is 16.3. The summed E-state index contributed by atoms with van der Waals surface area (Å²) in [6, 6.07) is 18.4. The predicted molar refractivity (Wildman–Crippen MR) is 127 cm³/mol. The second-order valence-electron chi connectivity index (χ2n) is 7.69. The number of aromatic hydroxyl groups is 1. The van der Waals surface area contributed by atoms with E-state index in [1.54, 1.807) is 60.7 Å². The van der Waals surface area contributed by atoms with Crippen molar-refractivity contribution in [3.05, 3.63) is 89.5 Å². The molecular formula is C26H22N2O6. The van der Waals surface area contributed by atoms with Crippen LogP contribution in [-0.4, -0.2) is 34.9 Å². The fourth-order valence-electron chi connectivity index (χ4n) is 3.94. The molecule has 8 nitrogen and oxygen atoms in total. The van der Waals surface area contributed by atoms with Crippen LogP contribution >= 0.6 is 0 Å². The van der Waals surface area contributed by atoms with Gasteiger partial charge in [-0.05, 0) is 42.0 Å². The number of aliphatic hydroxyl groups excluding tert-OH is 1. The van der Waals surface area contributed by atoms with E-state index in [2.05, 4.69) is 5.32 Å². The zero-order valence-corrected chi connectivity index (χ0v) is 18.5. The summed E-state index contributed by atoms with van der Waals surface area (Å²) < 4.78 is 5.22. The Labute approximate surface area is 195 Å². The summed E-state index contributed by atoms with van der Waals surface area (Å²) in [5.74, 6) is -2.17. The molecule has 0 saturated carbocycles. The van der Waals surface area contributed by atoms with Crippen molar-refractivity contribution in [2.45, 2.75) is 13.0 Å². The first kappa shape index (κ1) is 22.6. The standard InChI is InChI=1S/C26H22N2O6/c1-15(29)27-18-9-11-19(12-10-18)28-23(17-8-13-20(30)21(14-17)34-2)22(25(32)26(28)33)24(31)16-6-4-3-5-7-16/h3-14,23,30-31H,1-2H3,(H,27,29)/b24-22+/t23-/m1/s1. The number of carbonyl (C=O) groups excluding carboxylic acids is 3. The SMILES string of the molecule is COc1cc([C@@H]2/C(=C(\O)c3ccccc3)C(=O)C(=O)N2c2ccc(NC(C)=O)cc2)ccc1O. The molecule has 8 heteroatoms. The molecule has 1 fully saturated rings. The molecule has 0 unspecified atom stereocenters. The number of rotatable bonds is 5. The van der Waals surface area contributed by atoms with Crippen LogP contribution in [-0.2, 0) is 14.4 Å². The highest BCUT2D eigenvalue weighted by Crippen LogP contribution is 2.44. The third-order valence-electron chi connectivity index (χ3n) is 5.48. The van der Waals surface area contributed by atoms with Crippen LogP contribution in [0, 0.1) is 0 Å². The number of hydrogen-bond acceptors (Lipinski definition) is 6. The van der Waals surface area contributed by atoms with Crippen LogP contribution in [0.1, 0.15) is 24.1 Å². The van der Waals surface area contributed by atoms with Gasteiger partial charge in [0.15, 0.2) is 11.5 Å². The summed E-state index contributed by atoms with van der Waals surface area (Å²) in [6.45, 7) is 1.38. The molecule has 0 aliphatic carbocycles. The summed E-state index contributed by atoms with van der Waals surface area (Å²) in [5, 5.41) is 23.8. The lowest BCUT2D eigenvalue weighted by molar-refractivity contribution is -0.132. The second kappa shape index (κ2) is 9.11. The normalized spacial score (nSPS) is 17.0. The molecule has 4 rings (SSSR count). The molecule has 172 valence electrons. The summed E-state index contributed by atoms with van der Waals surface area (Å²) in [5.41, 5.74) is 1.67. The minimum absolute atomic E-state index is 0.0881. The average Bonchev–Trinajstić information content (AvgIpc) is 3.10. The van der Waals surface area contributed by atoms with E-state index in [9.17, 15) is 24.6 Å². The van der Waals surface area contributed by atoms with Gasteiger partial charge in [0.1, 0.15) is 5.76 Å². The van der Waals surface area contributed by atoms with Crippen molar-refractivity contribution in [2.75, 3.05) is 17.3 Å². The number of ether oxygens (including phenoxy) is 1. The van der Waals surface area contributed by atoms with Gasteiger partial charge in [0.05, 0.1) is 18.7 Å². The number of aliphatic hydroxyl groups is 1. The smallest absolute Gasteiger partial charge is 0.300 e. The van der Waals surface area contributed by atoms with Crippen LogP contribution in [0.3, 0.4) is 0 Å². The van der Waals surface area contributed by atoms with Crippen molar-refractivity contribution < 1.29 is 29.3 Å². The van der Waals surface area contributed by atoms with Gasteiger partial charge in [-0.1, -0.05) is 36.4 Å². The Bertz CT molecular complexity index is 1300. The number of nitrogens with one attached hydrogen (secondary N) is 1. The Morgan fingerprint density at radius 1 is 1.00 bits per heavy atom. The zero-order valence-electron chi connectivity index (χ0n) is 18.5. The summed E-state index contributed by atoms with van der Waals surface area (Å²) in [7, 11) is 1.39. The lowest BCUT2D eigenvalue weighted by atomic mass is 9.94. The van der Waals surface area contributed by atoms with E-state index in [-0.39, 0.29) is 28.7 Å². The van der Waals surface area contributed by atoms with Crippen molar-refractivity contribution in [1.29, 1.82) is 0 Å². The van der Waals surface area contributed by atoms with Gasteiger partial charge < -0.3 is 20.3 Å². The number of phenolic OH excluding ortho intramolecular Hbond substituents is 1. The Hall–Kier alpha value is -4.59. The number of benzene rings is 3. The van der Waals surface area contributed by atoms with Gasteiger partial charge in [0.25, 0.3) is 11.7 Å². The molecule has 0 aromatic heterocycles. The van der Waals surface area contributed by atoms with E-state index in [0.717, 1.165) is 0 Å². The number of carbonyl (C=O) groups is 3. The zero-order chi connectivity index (χ0) is 24.4. The number of ketones is 1. The second-order valence-corrected chi connectivity index (χ2v) is 7.69. The molecule has 34 heavy (non-hydrogen) atoms. The van der Waals surface area contributed by atoms with Crippen LogP contribution in [0.15, 0.2) is 78.4 Å². The molecule has 1 aliphatic rings. The van der Waals surface area contributed by atoms with E-state index in [1.807, 2.05) is 0 Å². The van der Waals surface area contributed by atoms with Crippen LogP contribution in [0.5, 0.6) is 11.5 Å². The fourth-order valence-corrected chi connectivity index (χ4v) is 3.94. The van der Waals surface area contributed by atoms with Crippen LogP contribution in [0.2, 0.25) is 0 Å². The Kier molecular flexibility index (Phi) is 6.05. The number of methoxy groups -OCH3 is 1. The number of anilines is 2. The summed E-state index contributed by atoms with van der Waals surface area (Å²) in [6.07, 6.45) is 0. The molecule has 3 aromatic rings. The lowest BCUT2D eigenvalue weighted by Gasteiger charge is -2.26. The summed E-state index contributed by atoms with van der Waals surface area (Å²) >= 11 is 0. The van der Waals surface area contributed by atoms with Gasteiger partial charge in [0.2, 0.25) is 5.91 Å². The van der Waals surface area contributed by atoms with E-state index >= 15 is 0 Å². The lowest BCUT2D eigenvalue weighted by Crippen LogP contribution is -2.29. The summed E-state index contributed by atoms with van der Waals surface area (Å²) in [4.78, 5) is 39.0. The first-order valence-electron chi connectivity index (χ1n) is 10.4. The van der Waals surface area contributed by atoms with Gasteiger partial charge in [-0.3, -0.25) is 19.3 Å². The topological polar surface area (TPSA) is 116 Å². The number of amides is 2. The molecule has 2 amide bonds. The fraction of sp³-hybridized carbons (Fsp3) is 0.115. The number of Topliss-reactive ketones (excluding diaryl/α,β-unsaturated/α-hetero) is 1. The molecular weight excluding hydrogens is 436 g/mol. The van der Waals surface area contributed by atoms with Crippen molar-refractivity contribution >= 4 is 34.7 Å². The van der Waals surface area contributed by atoms with Gasteiger partial charge in [0, 0.05) is 23.9 Å². The highest BCUT2D eigenvalue weighted by molar-refractivity contribution is 6.51.